The molecule has 1 atom stereocenters. The van der Waals surface area contributed by atoms with Crippen molar-refractivity contribution >= 4 is 0 Å². The van der Waals surface area contributed by atoms with Crippen molar-refractivity contribution in [1.82, 2.24) is 0 Å². The molecule has 1 unspecified atom stereocenters. The van der Waals surface area contributed by atoms with Gasteiger partial charge in [-0.3, -0.25) is 0 Å². The summed E-state index contributed by atoms with van der Waals surface area (Å²) in [6.07, 6.45) is 9.01. The Balaban J connectivity index is 2.09. The number of unbranched alkanes of at least 4 members (excludes halogenated alkanes) is 5. The highest BCUT2D eigenvalue weighted by molar-refractivity contribution is 5.63. The molecule has 1 nitrogen and oxygen atoms in total. The van der Waals surface area contributed by atoms with Crippen LogP contribution in [0.3, 0.4) is 0 Å². The van der Waals surface area contributed by atoms with E-state index in [9.17, 15) is 4.39 Å². The molecular weight excluding hydrogens is 347 g/mol. The zero-order valence-corrected chi connectivity index (χ0v) is 18.1. The predicted octanol–water partition coefficient (Wildman–Crippen LogP) is 8.14. The molecule has 2 heteroatoms. The molecule has 0 aliphatic heterocycles. The first-order valence-corrected chi connectivity index (χ1v) is 11.0. The third kappa shape index (κ3) is 6.74. The number of benzene rings is 2. The van der Waals surface area contributed by atoms with Crippen molar-refractivity contribution in [3.63, 3.8) is 0 Å². The van der Waals surface area contributed by atoms with Gasteiger partial charge < -0.3 is 4.74 Å². The average molecular weight is 385 g/mol. The Bertz CT molecular complexity index is 673. The summed E-state index contributed by atoms with van der Waals surface area (Å²) in [5.74, 6) is 0.179. The maximum absolute atomic E-state index is 13.2. The van der Waals surface area contributed by atoms with Gasteiger partial charge in [0, 0.05) is 12.5 Å². The van der Waals surface area contributed by atoms with E-state index in [-0.39, 0.29) is 11.4 Å². The molecule has 2 aromatic carbocycles. The number of ether oxygens (including phenoxy) is 1. The second-order valence-electron chi connectivity index (χ2n) is 8.27. The van der Waals surface area contributed by atoms with Gasteiger partial charge in [0.15, 0.2) is 0 Å². The Morgan fingerprint density at radius 3 is 1.89 bits per heavy atom. The van der Waals surface area contributed by atoms with E-state index in [1.165, 1.54) is 56.2 Å². The SMILES string of the molecule is CCCCCCCCC(c1ccc(-c2ccc(F)cc2)cc1)C(C)(C)OCC. The van der Waals surface area contributed by atoms with Crippen LogP contribution in [0.4, 0.5) is 4.39 Å². The molecule has 2 aromatic rings. The van der Waals surface area contributed by atoms with Crippen LogP contribution in [0.15, 0.2) is 48.5 Å². The van der Waals surface area contributed by atoms with Crippen molar-refractivity contribution in [2.75, 3.05) is 6.61 Å². The number of hydrogen-bond donors (Lipinski definition) is 0. The van der Waals surface area contributed by atoms with Gasteiger partial charge in [-0.2, -0.15) is 0 Å². The number of hydrogen-bond acceptors (Lipinski definition) is 1. The third-order valence-corrected chi connectivity index (χ3v) is 5.69. The summed E-state index contributed by atoms with van der Waals surface area (Å²) in [5, 5.41) is 0. The Morgan fingerprint density at radius 1 is 0.786 bits per heavy atom. The van der Waals surface area contributed by atoms with Crippen LogP contribution in [0.2, 0.25) is 0 Å². The minimum Gasteiger partial charge on any atom is -0.375 e. The molecule has 0 N–H and O–H groups in total. The molecule has 0 amide bonds. The van der Waals surface area contributed by atoms with Crippen LogP contribution in [-0.2, 0) is 4.74 Å². The summed E-state index contributed by atoms with van der Waals surface area (Å²) >= 11 is 0. The molecule has 0 saturated carbocycles. The Hall–Kier alpha value is -1.67. The molecule has 28 heavy (non-hydrogen) atoms. The van der Waals surface area contributed by atoms with Crippen molar-refractivity contribution in [3.05, 3.63) is 59.9 Å². The lowest BCUT2D eigenvalue weighted by atomic mass is 9.80. The molecule has 0 radical (unpaired) electrons. The molecule has 2 rings (SSSR count). The highest BCUT2D eigenvalue weighted by atomic mass is 19.1. The third-order valence-electron chi connectivity index (χ3n) is 5.69. The molecule has 0 fully saturated rings. The van der Waals surface area contributed by atoms with Gasteiger partial charge in [0.25, 0.3) is 0 Å². The number of halogens is 1. The lowest BCUT2D eigenvalue weighted by Gasteiger charge is -2.35. The van der Waals surface area contributed by atoms with Gasteiger partial charge >= 0.3 is 0 Å². The van der Waals surface area contributed by atoms with E-state index in [1.54, 1.807) is 0 Å². The highest BCUT2D eigenvalue weighted by Gasteiger charge is 2.30. The second kappa shape index (κ2) is 11.4. The summed E-state index contributed by atoms with van der Waals surface area (Å²) in [6, 6.07) is 15.5. The van der Waals surface area contributed by atoms with Crippen LogP contribution in [0.25, 0.3) is 11.1 Å². The van der Waals surface area contributed by atoms with Gasteiger partial charge in [-0.25, -0.2) is 4.39 Å². The fourth-order valence-corrected chi connectivity index (χ4v) is 4.07. The molecule has 0 heterocycles. The van der Waals surface area contributed by atoms with Crippen LogP contribution in [0.1, 0.15) is 84.1 Å². The standard InChI is InChI=1S/C26H37FO/c1-5-7-8-9-10-11-12-25(26(3,4)28-6-2)23-15-13-21(14-16-23)22-17-19-24(27)20-18-22/h13-20,25H,5-12H2,1-4H3. The molecule has 0 aliphatic carbocycles. The maximum Gasteiger partial charge on any atom is 0.123 e. The van der Waals surface area contributed by atoms with Crippen molar-refractivity contribution in [2.24, 2.45) is 0 Å². The first kappa shape index (κ1) is 22.6. The smallest absolute Gasteiger partial charge is 0.123 e. The van der Waals surface area contributed by atoms with Gasteiger partial charge in [0.2, 0.25) is 0 Å². The van der Waals surface area contributed by atoms with E-state index >= 15 is 0 Å². The normalized spacial score (nSPS) is 12.9. The molecule has 154 valence electrons. The van der Waals surface area contributed by atoms with Crippen LogP contribution in [0.5, 0.6) is 0 Å². The van der Waals surface area contributed by atoms with Gasteiger partial charge in [-0.15, -0.1) is 0 Å². The molecule has 0 saturated heterocycles. The largest absolute Gasteiger partial charge is 0.375 e. The first-order valence-electron chi connectivity index (χ1n) is 11.0. The number of rotatable bonds is 12. The van der Waals surface area contributed by atoms with Crippen molar-refractivity contribution < 1.29 is 9.13 Å². The van der Waals surface area contributed by atoms with Crippen LogP contribution < -0.4 is 0 Å². The monoisotopic (exact) mass is 384 g/mol. The van der Waals surface area contributed by atoms with Gasteiger partial charge in [0.05, 0.1) is 5.60 Å². The minimum absolute atomic E-state index is 0.185. The van der Waals surface area contributed by atoms with E-state index in [4.69, 9.17) is 4.74 Å². The van der Waals surface area contributed by atoms with Gasteiger partial charge in [0.1, 0.15) is 5.82 Å². The summed E-state index contributed by atoms with van der Waals surface area (Å²) in [7, 11) is 0. The van der Waals surface area contributed by atoms with Crippen molar-refractivity contribution in [2.45, 2.75) is 84.2 Å². The molecule has 0 aromatic heterocycles. The van der Waals surface area contributed by atoms with Crippen LogP contribution in [0, 0.1) is 5.82 Å². The average Bonchev–Trinajstić information content (AvgIpc) is 2.68. The van der Waals surface area contributed by atoms with Gasteiger partial charge in [-0.1, -0.05) is 81.8 Å². The zero-order chi connectivity index (χ0) is 20.4. The quantitative estimate of drug-likeness (QED) is 0.335. The second-order valence-corrected chi connectivity index (χ2v) is 8.27. The van der Waals surface area contributed by atoms with E-state index in [0.717, 1.165) is 24.2 Å². The highest BCUT2D eigenvalue weighted by Crippen LogP contribution is 2.36. The summed E-state index contributed by atoms with van der Waals surface area (Å²) in [5.41, 5.74) is 3.31. The summed E-state index contributed by atoms with van der Waals surface area (Å²) in [6.45, 7) is 9.49. The predicted molar refractivity (Wildman–Crippen MR) is 118 cm³/mol. The van der Waals surface area contributed by atoms with Crippen molar-refractivity contribution in [1.29, 1.82) is 0 Å². The molecule has 0 spiro atoms. The summed E-state index contributed by atoms with van der Waals surface area (Å²) in [4.78, 5) is 0. The lowest BCUT2D eigenvalue weighted by Crippen LogP contribution is -2.33. The fourth-order valence-electron chi connectivity index (χ4n) is 4.07. The van der Waals surface area contributed by atoms with E-state index in [2.05, 4.69) is 52.0 Å². The fraction of sp³-hybridized carbons (Fsp3) is 0.538. The van der Waals surface area contributed by atoms with Crippen LogP contribution in [-0.4, -0.2) is 12.2 Å². The molecule has 0 bridgehead atoms. The Labute approximate surface area is 171 Å². The molecule has 0 aliphatic rings. The minimum atomic E-state index is -0.196. The van der Waals surface area contributed by atoms with Crippen molar-refractivity contribution in [3.8, 4) is 11.1 Å². The van der Waals surface area contributed by atoms with Gasteiger partial charge in [-0.05, 0) is 56.0 Å². The Morgan fingerprint density at radius 2 is 1.32 bits per heavy atom. The summed E-state index contributed by atoms with van der Waals surface area (Å²) < 4.78 is 19.3. The topological polar surface area (TPSA) is 9.23 Å². The first-order chi connectivity index (χ1) is 13.5. The lowest BCUT2D eigenvalue weighted by molar-refractivity contribution is -0.0335. The molecular formula is C26H37FO. The van der Waals surface area contributed by atoms with Crippen LogP contribution >= 0.6 is 0 Å². The van der Waals surface area contributed by atoms with E-state index in [0.29, 0.717) is 5.92 Å². The van der Waals surface area contributed by atoms with E-state index in [1.807, 2.05) is 12.1 Å². The maximum atomic E-state index is 13.2. The Kier molecular flexibility index (Phi) is 9.18. The van der Waals surface area contributed by atoms with E-state index < -0.39 is 0 Å². The zero-order valence-electron chi connectivity index (χ0n) is 18.1.